The molecule has 3 aromatic rings. The summed E-state index contributed by atoms with van der Waals surface area (Å²) in [6, 6.07) is 13.8. The molecule has 0 saturated heterocycles. The zero-order valence-corrected chi connectivity index (χ0v) is 13.2. The van der Waals surface area contributed by atoms with E-state index < -0.39 is 5.91 Å². The fourth-order valence-electron chi connectivity index (χ4n) is 1.98. The SMILES string of the molecule is Nc1nc(Nc2ccccc2)nn1C(=O)c1cc(Cl)cc(Cl)c1. The van der Waals surface area contributed by atoms with E-state index in [1.165, 1.54) is 18.2 Å². The first-order valence-electron chi connectivity index (χ1n) is 6.58. The summed E-state index contributed by atoms with van der Waals surface area (Å²) in [6.07, 6.45) is 0. The molecule has 0 amide bonds. The lowest BCUT2D eigenvalue weighted by Crippen LogP contribution is -2.16. The number of rotatable bonds is 3. The van der Waals surface area contributed by atoms with Gasteiger partial charge in [-0.2, -0.15) is 9.67 Å². The van der Waals surface area contributed by atoms with Gasteiger partial charge in [-0.3, -0.25) is 4.79 Å². The number of benzene rings is 2. The van der Waals surface area contributed by atoms with Crippen molar-refractivity contribution in [3.8, 4) is 0 Å². The lowest BCUT2D eigenvalue weighted by molar-refractivity contribution is 0.0948. The van der Waals surface area contributed by atoms with Crippen LogP contribution in [0, 0.1) is 0 Å². The molecule has 6 nitrogen and oxygen atoms in total. The van der Waals surface area contributed by atoms with Crippen LogP contribution in [0.4, 0.5) is 17.6 Å². The van der Waals surface area contributed by atoms with E-state index in [-0.39, 0.29) is 17.5 Å². The van der Waals surface area contributed by atoms with Gasteiger partial charge >= 0.3 is 0 Å². The molecule has 0 spiro atoms. The molecule has 0 unspecified atom stereocenters. The minimum absolute atomic E-state index is 0.0375. The average Bonchev–Trinajstić information content (AvgIpc) is 2.87. The van der Waals surface area contributed by atoms with Gasteiger partial charge in [-0.1, -0.05) is 41.4 Å². The number of hydrogen-bond acceptors (Lipinski definition) is 5. The first-order chi connectivity index (χ1) is 11.0. The number of halogens is 2. The molecule has 3 N–H and O–H groups in total. The van der Waals surface area contributed by atoms with Crippen LogP contribution in [0.3, 0.4) is 0 Å². The highest BCUT2D eigenvalue weighted by molar-refractivity contribution is 6.35. The Hall–Kier alpha value is -2.57. The molecule has 1 aromatic heterocycles. The van der Waals surface area contributed by atoms with Gasteiger partial charge in [-0.05, 0) is 30.3 Å². The molecule has 116 valence electrons. The van der Waals surface area contributed by atoms with E-state index in [4.69, 9.17) is 28.9 Å². The molecule has 0 aliphatic heterocycles. The van der Waals surface area contributed by atoms with Crippen molar-refractivity contribution in [1.82, 2.24) is 14.8 Å². The van der Waals surface area contributed by atoms with Crippen LogP contribution < -0.4 is 11.1 Å². The van der Waals surface area contributed by atoms with Gasteiger partial charge in [0.15, 0.2) is 0 Å². The van der Waals surface area contributed by atoms with Gasteiger partial charge in [0, 0.05) is 21.3 Å². The van der Waals surface area contributed by atoms with Crippen molar-refractivity contribution in [3.05, 3.63) is 64.1 Å². The summed E-state index contributed by atoms with van der Waals surface area (Å²) in [4.78, 5) is 16.5. The molecule has 8 heteroatoms. The summed E-state index contributed by atoms with van der Waals surface area (Å²) in [7, 11) is 0. The van der Waals surface area contributed by atoms with E-state index in [2.05, 4.69) is 15.4 Å². The Bertz CT molecular complexity index is 843. The highest BCUT2D eigenvalue weighted by atomic mass is 35.5. The molecule has 0 aliphatic carbocycles. The molecular weight excluding hydrogens is 337 g/mol. The van der Waals surface area contributed by atoms with Crippen LogP contribution >= 0.6 is 23.2 Å². The monoisotopic (exact) mass is 347 g/mol. The van der Waals surface area contributed by atoms with E-state index in [1.54, 1.807) is 0 Å². The second kappa shape index (κ2) is 6.28. The summed E-state index contributed by atoms with van der Waals surface area (Å²) in [6.45, 7) is 0. The zero-order chi connectivity index (χ0) is 16.4. The topological polar surface area (TPSA) is 85.8 Å². The molecule has 1 heterocycles. The van der Waals surface area contributed by atoms with Gasteiger partial charge in [-0.25, -0.2) is 0 Å². The van der Waals surface area contributed by atoms with E-state index >= 15 is 0 Å². The summed E-state index contributed by atoms with van der Waals surface area (Å²) in [5.41, 5.74) is 6.82. The third kappa shape index (κ3) is 3.44. The van der Waals surface area contributed by atoms with Crippen molar-refractivity contribution in [1.29, 1.82) is 0 Å². The zero-order valence-electron chi connectivity index (χ0n) is 11.7. The Labute approximate surface area is 141 Å². The number of hydrogen-bond donors (Lipinski definition) is 2. The van der Waals surface area contributed by atoms with Crippen LogP contribution in [0.2, 0.25) is 10.0 Å². The molecule has 2 aromatic carbocycles. The van der Waals surface area contributed by atoms with Gasteiger partial charge in [0.25, 0.3) is 5.91 Å². The summed E-state index contributed by atoms with van der Waals surface area (Å²) in [5, 5.41) is 7.74. The van der Waals surface area contributed by atoms with E-state index in [0.717, 1.165) is 10.4 Å². The molecule has 0 aliphatic rings. The molecule has 0 bridgehead atoms. The van der Waals surface area contributed by atoms with E-state index in [9.17, 15) is 4.79 Å². The van der Waals surface area contributed by atoms with Gasteiger partial charge in [0.1, 0.15) is 0 Å². The van der Waals surface area contributed by atoms with Crippen LogP contribution in [0.5, 0.6) is 0 Å². The molecule has 0 fully saturated rings. The smallest absolute Gasteiger partial charge is 0.281 e. The number of nitrogens with two attached hydrogens (primary N) is 1. The number of carbonyl (C=O) groups is 1. The highest BCUT2D eigenvalue weighted by Gasteiger charge is 2.17. The second-order valence-electron chi connectivity index (χ2n) is 4.66. The first-order valence-corrected chi connectivity index (χ1v) is 7.34. The Kier molecular flexibility index (Phi) is 4.18. The minimum atomic E-state index is -0.472. The number of para-hydroxylation sites is 1. The maximum atomic E-state index is 12.5. The predicted molar refractivity (Wildman–Crippen MR) is 90.3 cm³/mol. The number of aromatic nitrogens is 3. The van der Waals surface area contributed by atoms with Crippen LogP contribution in [-0.2, 0) is 0 Å². The molecule has 0 atom stereocenters. The van der Waals surface area contributed by atoms with Crippen LogP contribution in [0.1, 0.15) is 10.4 Å². The Morgan fingerprint density at radius 1 is 1.09 bits per heavy atom. The first kappa shape index (κ1) is 15.3. The molecule has 0 saturated carbocycles. The lowest BCUT2D eigenvalue weighted by atomic mass is 10.2. The standard InChI is InChI=1S/C15H11Cl2N5O/c16-10-6-9(7-11(17)8-10)13(23)22-14(18)20-15(21-22)19-12-4-2-1-3-5-12/h1-8H,(H3,18,19,20,21). The van der Waals surface area contributed by atoms with Crippen LogP contribution in [0.15, 0.2) is 48.5 Å². The van der Waals surface area contributed by atoms with Gasteiger partial charge in [-0.15, -0.1) is 5.10 Å². The fourth-order valence-corrected chi connectivity index (χ4v) is 2.50. The molecule has 0 radical (unpaired) electrons. The van der Waals surface area contributed by atoms with Crippen molar-refractivity contribution in [2.45, 2.75) is 0 Å². The van der Waals surface area contributed by atoms with Crippen LogP contribution in [0.25, 0.3) is 0 Å². The van der Waals surface area contributed by atoms with E-state index in [0.29, 0.717) is 10.0 Å². The number of nitrogens with one attached hydrogen (secondary N) is 1. The van der Waals surface area contributed by atoms with Gasteiger partial charge in [0.2, 0.25) is 11.9 Å². The minimum Gasteiger partial charge on any atom is -0.368 e. The average molecular weight is 348 g/mol. The predicted octanol–water partition coefficient (Wildman–Crippen LogP) is 3.60. The number of carbonyl (C=O) groups excluding carboxylic acids is 1. The van der Waals surface area contributed by atoms with Crippen LogP contribution in [-0.4, -0.2) is 20.7 Å². The number of nitrogen functional groups attached to an aromatic ring is 1. The van der Waals surface area contributed by atoms with Crippen molar-refractivity contribution < 1.29 is 4.79 Å². The van der Waals surface area contributed by atoms with Gasteiger partial charge < -0.3 is 11.1 Å². The third-order valence-corrected chi connectivity index (χ3v) is 3.40. The number of nitrogens with zero attached hydrogens (tertiary/aromatic N) is 3. The maximum absolute atomic E-state index is 12.5. The summed E-state index contributed by atoms with van der Waals surface area (Å²) in [5.74, 6) is -0.291. The van der Waals surface area contributed by atoms with E-state index in [1.807, 2.05) is 30.3 Å². The van der Waals surface area contributed by atoms with Crippen molar-refractivity contribution >= 4 is 46.7 Å². The largest absolute Gasteiger partial charge is 0.368 e. The Morgan fingerprint density at radius 2 is 1.74 bits per heavy atom. The molecular formula is C15H11Cl2N5O. The van der Waals surface area contributed by atoms with Crippen molar-refractivity contribution in [2.75, 3.05) is 11.1 Å². The molecule has 23 heavy (non-hydrogen) atoms. The third-order valence-electron chi connectivity index (χ3n) is 2.96. The summed E-state index contributed by atoms with van der Waals surface area (Å²) >= 11 is 11.8. The maximum Gasteiger partial charge on any atom is 0.281 e. The Balaban J connectivity index is 1.90. The molecule has 3 rings (SSSR count). The number of anilines is 3. The fraction of sp³-hybridized carbons (Fsp3) is 0. The summed E-state index contributed by atoms with van der Waals surface area (Å²) < 4.78 is 0.993. The normalized spacial score (nSPS) is 10.5. The second-order valence-corrected chi connectivity index (χ2v) is 5.53. The van der Waals surface area contributed by atoms with Crippen molar-refractivity contribution in [3.63, 3.8) is 0 Å². The van der Waals surface area contributed by atoms with Gasteiger partial charge in [0.05, 0.1) is 0 Å². The van der Waals surface area contributed by atoms with Crippen molar-refractivity contribution in [2.24, 2.45) is 0 Å². The highest BCUT2D eigenvalue weighted by Crippen LogP contribution is 2.21. The lowest BCUT2D eigenvalue weighted by Gasteiger charge is -2.03. The Morgan fingerprint density at radius 3 is 2.39 bits per heavy atom. The quantitative estimate of drug-likeness (QED) is 0.755.